The molecule has 0 atom stereocenters. The molecule has 8 heteroatoms. The van der Waals surface area contributed by atoms with Crippen LogP contribution in [0.1, 0.15) is 78.5 Å². The van der Waals surface area contributed by atoms with Crippen LogP contribution in [0.5, 0.6) is 5.88 Å². The SMILES string of the molecule is CCc1c([N+](=O)[O-])c(OCCCO[Si](C)(C)C(C)(C)C)nn1[C@H]1CC[C@H](C)CC1. The number of nitro groups is 1. The molecule has 1 aliphatic carbocycles. The van der Waals surface area contributed by atoms with Crippen LogP contribution in [0.15, 0.2) is 0 Å². The van der Waals surface area contributed by atoms with Gasteiger partial charge in [0.1, 0.15) is 5.69 Å². The van der Waals surface area contributed by atoms with Crippen LogP contribution in [-0.2, 0) is 10.8 Å². The summed E-state index contributed by atoms with van der Waals surface area (Å²) in [5.41, 5.74) is 0.721. The Labute approximate surface area is 176 Å². The molecule has 166 valence electrons. The Bertz CT molecular complexity index is 689. The third-order valence-corrected chi connectivity index (χ3v) is 11.1. The number of aromatic nitrogens is 2. The zero-order valence-corrected chi connectivity index (χ0v) is 20.3. The summed E-state index contributed by atoms with van der Waals surface area (Å²) < 4.78 is 13.8. The van der Waals surface area contributed by atoms with Gasteiger partial charge >= 0.3 is 11.6 Å². The molecule has 0 unspecified atom stereocenters. The van der Waals surface area contributed by atoms with Crippen molar-refractivity contribution < 1.29 is 14.1 Å². The summed E-state index contributed by atoms with van der Waals surface area (Å²) in [7, 11) is -1.79. The van der Waals surface area contributed by atoms with E-state index in [-0.39, 0.29) is 27.6 Å². The molecular weight excluding hydrogens is 386 g/mol. The van der Waals surface area contributed by atoms with Gasteiger partial charge in [-0.25, -0.2) is 0 Å². The minimum atomic E-state index is -1.79. The maximum absolute atomic E-state index is 11.7. The Morgan fingerprint density at radius 1 is 1.21 bits per heavy atom. The predicted octanol–water partition coefficient (Wildman–Crippen LogP) is 5.90. The Hall–Kier alpha value is -1.41. The van der Waals surface area contributed by atoms with Crippen LogP contribution in [0.4, 0.5) is 5.69 Å². The molecule has 1 aliphatic rings. The lowest BCUT2D eigenvalue weighted by atomic mass is 9.87. The molecule has 1 saturated carbocycles. The van der Waals surface area contributed by atoms with Crippen molar-refractivity contribution in [3.8, 4) is 5.88 Å². The van der Waals surface area contributed by atoms with Gasteiger partial charge in [-0.1, -0.05) is 34.6 Å². The van der Waals surface area contributed by atoms with Gasteiger partial charge in [-0.3, -0.25) is 14.8 Å². The normalized spacial score (nSPS) is 20.7. The summed E-state index contributed by atoms with van der Waals surface area (Å²) in [5, 5.41) is 16.5. The van der Waals surface area contributed by atoms with E-state index in [0.29, 0.717) is 31.7 Å². The van der Waals surface area contributed by atoms with E-state index in [2.05, 4.69) is 45.9 Å². The molecule has 0 saturated heterocycles. The van der Waals surface area contributed by atoms with Crippen LogP contribution in [0, 0.1) is 16.0 Å². The van der Waals surface area contributed by atoms with Crippen molar-refractivity contribution in [3.63, 3.8) is 0 Å². The van der Waals surface area contributed by atoms with E-state index in [1.165, 1.54) is 0 Å². The summed E-state index contributed by atoms with van der Waals surface area (Å²) in [4.78, 5) is 11.4. The van der Waals surface area contributed by atoms with E-state index in [4.69, 9.17) is 9.16 Å². The van der Waals surface area contributed by atoms with E-state index in [1.54, 1.807) is 0 Å². The molecule has 1 heterocycles. The van der Waals surface area contributed by atoms with Gasteiger partial charge in [0.05, 0.1) is 17.6 Å². The van der Waals surface area contributed by atoms with Gasteiger partial charge in [0.25, 0.3) is 0 Å². The molecule has 0 bridgehead atoms. The van der Waals surface area contributed by atoms with Crippen LogP contribution < -0.4 is 4.74 Å². The van der Waals surface area contributed by atoms with E-state index in [1.807, 2.05) is 11.6 Å². The highest BCUT2D eigenvalue weighted by atomic mass is 28.4. The van der Waals surface area contributed by atoms with E-state index in [0.717, 1.165) is 31.6 Å². The monoisotopic (exact) mass is 425 g/mol. The molecule has 1 aromatic rings. The second-order valence-electron chi connectivity index (χ2n) is 9.88. The van der Waals surface area contributed by atoms with Crippen LogP contribution in [0.3, 0.4) is 0 Å². The smallest absolute Gasteiger partial charge is 0.353 e. The largest absolute Gasteiger partial charge is 0.472 e. The second-order valence-corrected chi connectivity index (χ2v) is 14.7. The predicted molar refractivity (Wildman–Crippen MR) is 118 cm³/mol. The van der Waals surface area contributed by atoms with Crippen molar-refractivity contribution >= 4 is 14.0 Å². The summed E-state index contributed by atoms with van der Waals surface area (Å²) in [6.45, 7) is 16.3. The Balaban J connectivity index is 2.03. The van der Waals surface area contributed by atoms with Gasteiger partial charge < -0.3 is 9.16 Å². The fourth-order valence-electron chi connectivity index (χ4n) is 3.61. The number of rotatable bonds is 9. The van der Waals surface area contributed by atoms with Crippen molar-refractivity contribution in [2.75, 3.05) is 13.2 Å². The fourth-order valence-corrected chi connectivity index (χ4v) is 4.70. The second kappa shape index (κ2) is 9.60. The van der Waals surface area contributed by atoms with Gasteiger partial charge in [0, 0.05) is 13.0 Å². The first-order valence-electron chi connectivity index (χ1n) is 11.0. The first-order chi connectivity index (χ1) is 13.5. The molecule has 29 heavy (non-hydrogen) atoms. The maximum atomic E-state index is 11.7. The molecule has 0 aliphatic heterocycles. The lowest BCUT2D eigenvalue weighted by Crippen LogP contribution is -2.41. The Morgan fingerprint density at radius 2 is 1.83 bits per heavy atom. The third kappa shape index (κ3) is 5.81. The van der Waals surface area contributed by atoms with Crippen molar-refractivity contribution in [1.82, 2.24) is 9.78 Å². The number of ether oxygens (including phenoxy) is 1. The van der Waals surface area contributed by atoms with Gasteiger partial charge in [-0.2, -0.15) is 0 Å². The zero-order chi connectivity index (χ0) is 21.8. The molecule has 1 aromatic heterocycles. The molecule has 2 rings (SSSR count). The van der Waals surface area contributed by atoms with Crippen molar-refractivity contribution in [2.24, 2.45) is 5.92 Å². The van der Waals surface area contributed by atoms with E-state index < -0.39 is 8.32 Å². The quantitative estimate of drug-likeness (QED) is 0.213. The molecule has 0 N–H and O–H groups in total. The van der Waals surface area contributed by atoms with Crippen LogP contribution >= 0.6 is 0 Å². The lowest BCUT2D eigenvalue weighted by molar-refractivity contribution is -0.386. The third-order valence-electron chi connectivity index (χ3n) is 6.60. The first kappa shape index (κ1) is 23.9. The van der Waals surface area contributed by atoms with Crippen molar-refractivity contribution in [1.29, 1.82) is 0 Å². The maximum Gasteiger partial charge on any atom is 0.353 e. The molecule has 0 amide bonds. The number of hydrogen-bond acceptors (Lipinski definition) is 5. The minimum Gasteiger partial charge on any atom is -0.472 e. The van der Waals surface area contributed by atoms with Crippen LogP contribution in [-0.4, -0.2) is 36.2 Å². The van der Waals surface area contributed by atoms with Crippen molar-refractivity contribution in [2.45, 2.75) is 97.3 Å². The molecule has 0 radical (unpaired) electrons. The number of nitrogens with zero attached hydrogens (tertiary/aromatic N) is 3. The fraction of sp³-hybridized carbons (Fsp3) is 0.857. The Morgan fingerprint density at radius 3 is 2.34 bits per heavy atom. The molecule has 7 nitrogen and oxygen atoms in total. The standard InChI is InChI=1S/C21H39N3O4Si/c1-8-18-19(24(25)26)20(22-23(18)17-12-10-16(2)11-13-17)27-14-9-15-28-29(6,7)21(3,4)5/h16-17H,8-15H2,1-7H3/t16-,17-. The summed E-state index contributed by atoms with van der Waals surface area (Å²) in [5.74, 6) is 0.885. The minimum absolute atomic E-state index is 0.0384. The van der Waals surface area contributed by atoms with E-state index >= 15 is 0 Å². The van der Waals surface area contributed by atoms with Gasteiger partial charge in [0.15, 0.2) is 8.32 Å². The van der Waals surface area contributed by atoms with E-state index in [9.17, 15) is 10.1 Å². The highest BCUT2D eigenvalue weighted by molar-refractivity contribution is 6.74. The topological polar surface area (TPSA) is 79.4 Å². The molecule has 0 spiro atoms. The van der Waals surface area contributed by atoms with Gasteiger partial charge in [0.2, 0.25) is 0 Å². The van der Waals surface area contributed by atoms with Crippen LogP contribution in [0.2, 0.25) is 18.1 Å². The zero-order valence-electron chi connectivity index (χ0n) is 19.3. The average Bonchev–Trinajstić information content (AvgIpc) is 2.99. The molecular formula is C21H39N3O4Si. The highest BCUT2D eigenvalue weighted by Gasteiger charge is 2.37. The molecule has 0 aromatic carbocycles. The lowest BCUT2D eigenvalue weighted by Gasteiger charge is -2.36. The average molecular weight is 426 g/mol. The summed E-state index contributed by atoms with van der Waals surface area (Å²) >= 11 is 0. The van der Waals surface area contributed by atoms with Crippen molar-refractivity contribution in [3.05, 3.63) is 15.8 Å². The van der Waals surface area contributed by atoms with Crippen LogP contribution in [0.25, 0.3) is 0 Å². The highest BCUT2D eigenvalue weighted by Crippen LogP contribution is 2.39. The summed E-state index contributed by atoms with van der Waals surface area (Å²) in [6, 6.07) is 0.235. The first-order valence-corrected chi connectivity index (χ1v) is 13.9. The molecule has 1 fully saturated rings. The summed E-state index contributed by atoms with van der Waals surface area (Å²) in [6.07, 6.45) is 5.59. The van der Waals surface area contributed by atoms with Gasteiger partial charge in [-0.05, 0) is 56.2 Å². The van der Waals surface area contributed by atoms with Gasteiger partial charge in [-0.15, -0.1) is 5.10 Å². The Kier molecular flexibility index (Phi) is 7.90. The number of hydrogen-bond donors (Lipinski definition) is 0.